The van der Waals surface area contributed by atoms with Gasteiger partial charge < -0.3 is 10.0 Å². The Morgan fingerprint density at radius 3 is 2.74 bits per heavy atom. The first-order chi connectivity index (χ1) is 11.1. The highest BCUT2D eigenvalue weighted by Gasteiger charge is 2.31. The van der Waals surface area contributed by atoms with Crippen LogP contribution < -0.4 is 0 Å². The second-order valence-corrected chi connectivity index (χ2v) is 5.40. The Bertz CT molecular complexity index is 748. The first kappa shape index (κ1) is 15.0. The summed E-state index contributed by atoms with van der Waals surface area (Å²) in [5.41, 5.74) is 0.741. The number of rotatable bonds is 3. The summed E-state index contributed by atoms with van der Waals surface area (Å²) in [4.78, 5) is 28.6. The molecule has 1 atom stereocenters. The smallest absolute Gasteiger partial charge is 0.311 e. The van der Waals surface area contributed by atoms with Gasteiger partial charge in [0.15, 0.2) is 5.75 Å². The quantitative estimate of drug-likeness (QED) is 0.694. The summed E-state index contributed by atoms with van der Waals surface area (Å²) < 4.78 is 0. The summed E-state index contributed by atoms with van der Waals surface area (Å²) in [7, 11) is 0. The molecule has 1 aliphatic heterocycles. The van der Waals surface area contributed by atoms with E-state index in [-0.39, 0.29) is 17.5 Å². The van der Waals surface area contributed by atoms with Crippen molar-refractivity contribution < 1.29 is 14.8 Å². The van der Waals surface area contributed by atoms with Crippen LogP contribution in [0.1, 0.15) is 34.8 Å². The van der Waals surface area contributed by atoms with Crippen LogP contribution in [-0.2, 0) is 0 Å². The number of likely N-dealkylation sites (tertiary alicyclic amines) is 1. The van der Waals surface area contributed by atoms with E-state index in [4.69, 9.17) is 0 Å². The van der Waals surface area contributed by atoms with E-state index < -0.39 is 16.4 Å². The van der Waals surface area contributed by atoms with Crippen LogP contribution in [0.2, 0.25) is 0 Å². The molecule has 2 aromatic rings. The van der Waals surface area contributed by atoms with Crippen molar-refractivity contribution >= 4 is 11.6 Å². The van der Waals surface area contributed by atoms with E-state index in [2.05, 4.69) is 4.98 Å². The molecule has 7 nitrogen and oxygen atoms in total. The molecule has 0 bridgehead atoms. The molecule has 1 aromatic carbocycles. The molecule has 0 unspecified atom stereocenters. The van der Waals surface area contributed by atoms with Crippen LogP contribution in [0.15, 0.2) is 42.7 Å². The number of carbonyl (C=O) groups is 1. The number of phenolic OH excluding ortho intramolecular Hbond substituents is 1. The fraction of sp³-hybridized carbons (Fsp3) is 0.250. The minimum absolute atomic E-state index is 0.0571. The van der Waals surface area contributed by atoms with Gasteiger partial charge in [-0.15, -0.1) is 0 Å². The van der Waals surface area contributed by atoms with Crippen molar-refractivity contribution in [2.75, 3.05) is 6.54 Å². The maximum atomic E-state index is 12.7. The Hall–Kier alpha value is -2.96. The number of aromatic hydroxyl groups is 1. The van der Waals surface area contributed by atoms with Crippen molar-refractivity contribution in [3.8, 4) is 5.75 Å². The largest absolute Gasteiger partial charge is 0.502 e. The molecule has 1 amide bonds. The minimum Gasteiger partial charge on any atom is -0.502 e. The zero-order chi connectivity index (χ0) is 16.4. The van der Waals surface area contributed by atoms with Gasteiger partial charge in [-0.25, -0.2) is 0 Å². The third-order valence-corrected chi connectivity index (χ3v) is 4.02. The molecule has 1 aliphatic rings. The third-order valence-electron chi connectivity index (χ3n) is 4.02. The molecule has 0 saturated carbocycles. The van der Waals surface area contributed by atoms with Gasteiger partial charge in [0.05, 0.1) is 11.0 Å². The average Bonchev–Trinajstić information content (AvgIpc) is 3.04. The number of carbonyl (C=O) groups excluding carboxylic acids is 1. The SMILES string of the molecule is O=C(c1ccc(O)c([N+](=O)[O-])c1)N1CCC[C@@H]1c1ccncc1. The molecule has 2 heterocycles. The number of pyridine rings is 1. The Morgan fingerprint density at radius 1 is 1.30 bits per heavy atom. The number of hydrogen-bond acceptors (Lipinski definition) is 5. The van der Waals surface area contributed by atoms with Crippen LogP contribution >= 0.6 is 0 Å². The first-order valence-electron chi connectivity index (χ1n) is 7.26. The van der Waals surface area contributed by atoms with E-state index in [1.54, 1.807) is 17.3 Å². The number of hydrogen-bond donors (Lipinski definition) is 1. The molecular weight excluding hydrogens is 298 g/mol. The van der Waals surface area contributed by atoms with E-state index in [0.717, 1.165) is 24.5 Å². The van der Waals surface area contributed by atoms with Crippen LogP contribution in [0.25, 0.3) is 0 Å². The summed E-state index contributed by atoms with van der Waals surface area (Å²) in [5.74, 6) is -0.717. The molecule has 1 fully saturated rings. The topological polar surface area (TPSA) is 96.6 Å². The normalized spacial score (nSPS) is 17.2. The van der Waals surface area contributed by atoms with Gasteiger partial charge in [0.25, 0.3) is 5.91 Å². The maximum Gasteiger partial charge on any atom is 0.311 e. The number of phenols is 1. The molecule has 0 aliphatic carbocycles. The van der Waals surface area contributed by atoms with Crippen LogP contribution in [0.3, 0.4) is 0 Å². The van der Waals surface area contributed by atoms with Crippen molar-refractivity contribution in [2.24, 2.45) is 0 Å². The van der Waals surface area contributed by atoms with E-state index in [1.807, 2.05) is 12.1 Å². The van der Waals surface area contributed by atoms with E-state index in [1.165, 1.54) is 12.1 Å². The summed E-state index contributed by atoms with van der Waals surface area (Å²) in [6, 6.07) is 7.40. The number of benzene rings is 1. The molecule has 118 valence electrons. The summed E-state index contributed by atoms with van der Waals surface area (Å²) in [5, 5.41) is 20.4. The fourth-order valence-corrected chi connectivity index (χ4v) is 2.91. The summed E-state index contributed by atoms with van der Waals surface area (Å²) in [6.45, 7) is 0.598. The highest BCUT2D eigenvalue weighted by Crippen LogP contribution is 2.34. The van der Waals surface area contributed by atoms with Gasteiger partial charge in [0, 0.05) is 30.6 Å². The monoisotopic (exact) mass is 313 g/mol. The van der Waals surface area contributed by atoms with E-state index in [9.17, 15) is 20.0 Å². The van der Waals surface area contributed by atoms with Crippen LogP contribution in [0.5, 0.6) is 5.75 Å². The molecule has 3 rings (SSSR count). The second kappa shape index (κ2) is 6.04. The zero-order valence-electron chi connectivity index (χ0n) is 12.3. The third kappa shape index (κ3) is 2.85. The predicted molar refractivity (Wildman–Crippen MR) is 82.0 cm³/mol. The van der Waals surface area contributed by atoms with Crippen molar-refractivity contribution in [1.82, 2.24) is 9.88 Å². The van der Waals surface area contributed by atoms with E-state index >= 15 is 0 Å². The first-order valence-corrected chi connectivity index (χ1v) is 7.26. The Morgan fingerprint density at radius 2 is 2.04 bits per heavy atom. The summed E-state index contributed by atoms with van der Waals surface area (Å²) in [6.07, 6.45) is 5.08. The molecule has 23 heavy (non-hydrogen) atoms. The molecule has 7 heteroatoms. The zero-order valence-corrected chi connectivity index (χ0v) is 12.3. The van der Waals surface area contributed by atoms with Crippen LogP contribution in [0, 0.1) is 10.1 Å². The van der Waals surface area contributed by atoms with Crippen molar-refractivity contribution in [1.29, 1.82) is 0 Å². The lowest BCUT2D eigenvalue weighted by Gasteiger charge is -2.25. The van der Waals surface area contributed by atoms with Crippen molar-refractivity contribution in [3.63, 3.8) is 0 Å². The maximum absolute atomic E-state index is 12.7. The number of amides is 1. The lowest BCUT2D eigenvalue weighted by molar-refractivity contribution is -0.385. The van der Waals surface area contributed by atoms with Gasteiger partial charge in [0.2, 0.25) is 0 Å². The Balaban J connectivity index is 1.91. The van der Waals surface area contributed by atoms with Gasteiger partial charge in [-0.1, -0.05) is 0 Å². The minimum atomic E-state index is -0.698. The molecule has 1 saturated heterocycles. The van der Waals surface area contributed by atoms with Gasteiger partial charge in [-0.2, -0.15) is 0 Å². The molecule has 0 radical (unpaired) electrons. The number of nitrogens with zero attached hydrogens (tertiary/aromatic N) is 3. The molecular formula is C16H15N3O4. The Labute approximate surface area is 132 Å². The lowest BCUT2D eigenvalue weighted by Crippen LogP contribution is -2.30. The number of nitro groups is 1. The number of aromatic nitrogens is 1. The highest BCUT2D eigenvalue weighted by molar-refractivity contribution is 5.95. The fourth-order valence-electron chi connectivity index (χ4n) is 2.91. The van der Waals surface area contributed by atoms with Crippen molar-refractivity contribution in [3.05, 3.63) is 64.0 Å². The summed E-state index contributed by atoms with van der Waals surface area (Å²) >= 11 is 0. The van der Waals surface area contributed by atoms with Gasteiger partial charge in [-0.05, 0) is 42.7 Å². The van der Waals surface area contributed by atoms with Crippen LogP contribution in [-0.4, -0.2) is 32.4 Å². The van der Waals surface area contributed by atoms with E-state index in [0.29, 0.717) is 6.54 Å². The highest BCUT2D eigenvalue weighted by atomic mass is 16.6. The van der Waals surface area contributed by atoms with Gasteiger partial charge in [0.1, 0.15) is 0 Å². The molecule has 0 spiro atoms. The lowest BCUT2D eigenvalue weighted by atomic mass is 10.1. The predicted octanol–water partition coefficient (Wildman–Crippen LogP) is 2.67. The standard InChI is InChI=1S/C16H15N3O4/c20-15-4-3-12(10-14(15)19(22)23)16(21)18-9-1-2-13(18)11-5-7-17-8-6-11/h3-8,10,13,20H,1-2,9H2/t13-/m1/s1. The van der Waals surface area contributed by atoms with Gasteiger partial charge in [-0.3, -0.25) is 19.9 Å². The average molecular weight is 313 g/mol. The van der Waals surface area contributed by atoms with Crippen LogP contribution in [0.4, 0.5) is 5.69 Å². The molecule has 1 aromatic heterocycles. The van der Waals surface area contributed by atoms with Gasteiger partial charge >= 0.3 is 5.69 Å². The molecule has 1 N–H and O–H groups in total. The Kier molecular flexibility index (Phi) is 3.92. The second-order valence-electron chi connectivity index (χ2n) is 5.40. The number of nitro benzene ring substituents is 1. The van der Waals surface area contributed by atoms with Crippen molar-refractivity contribution in [2.45, 2.75) is 18.9 Å².